The number of benzene rings is 1. The number of carbonyl (C=O) groups is 1. The van der Waals surface area contributed by atoms with E-state index in [-0.39, 0.29) is 24.4 Å². The van der Waals surface area contributed by atoms with Crippen molar-refractivity contribution in [2.45, 2.75) is 45.6 Å². The van der Waals surface area contributed by atoms with E-state index in [1.54, 1.807) is 0 Å². The molecule has 1 atom stereocenters. The van der Waals surface area contributed by atoms with Gasteiger partial charge in [-0.15, -0.1) is 12.4 Å². The molecule has 0 saturated carbocycles. The van der Waals surface area contributed by atoms with Crippen molar-refractivity contribution < 1.29 is 9.53 Å². The maximum Gasteiger partial charge on any atom is 0.220 e. The topological polar surface area (TPSA) is 64.3 Å². The predicted molar refractivity (Wildman–Crippen MR) is 93.4 cm³/mol. The summed E-state index contributed by atoms with van der Waals surface area (Å²) >= 11 is 0. The molecule has 5 heteroatoms. The molecule has 0 aliphatic carbocycles. The predicted octanol–water partition coefficient (Wildman–Crippen LogP) is 3.16. The highest BCUT2D eigenvalue weighted by Gasteiger charge is 2.09. The first-order valence-corrected chi connectivity index (χ1v) is 7.74. The second-order valence-corrected chi connectivity index (χ2v) is 5.53. The van der Waals surface area contributed by atoms with Gasteiger partial charge in [-0.2, -0.15) is 0 Å². The zero-order valence-electron chi connectivity index (χ0n) is 13.8. The number of hydrogen-bond acceptors (Lipinski definition) is 3. The Kier molecular flexibility index (Phi) is 10.9. The van der Waals surface area contributed by atoms with Crippen LogP contribution >= 0.6 is 12.4 Å². The van der Waals surface area contributed by atoms with Crippen LogP contribution in [0.5, 0.6) is 0 Å². The second kappa shape index (κ2) is 11.5. The third kappa shape index (κ3) is 7.78. The largest absolute Gasteiger partial charge is 0.382 e. The van der Waals surface area contributed by atoms with Gasteiger partial charge in [0.1, 0.15) is 0 Å². The highest BCUT2D eigenvalue weighted by Crippen LogP contribution is 2.17. The SMILES string of the molecule is CCOCCCC(=O)NCC(N)c1ccc(C(C)C)cc1.Cl. The summed E-state index contributed by atoms with van der Waals surface area (Å²) in [6.07, 6.45) is 1.23. The number of hydrogen-bond donors (Lipinski definition) is 2. The Morgan fingerprint density at radius 2 is 1.82 bits per heavy atom. The van der Waals surface area contributed by atoms with Crippen LogP contribution in [0.25, 0.3) is 0 Å². The Bertz CT molecular complexity index is 421. The molecule has 1 aromatic carbocycles. The van der Waals surface area contributed by atoms with E-state index in [4.69, 9.17) is 10.5 Å². The lowest BCUT2D eigenvalue weighted by atomic mass is 9.99. The van der Waals surface area contributed by atoms with Crippen molar-refractivity contribution in [3.05, 3.63) is 35.4 Å². The molecule has 0 aromatic heterocycles. The normalized spacial score (nSPS) is 11.9. The molecule has 22 heavy (non-hydrogen) atoms. The number of halogens is 1. The van der Waals surface area contributed by atoms with Crippen molar-refractivity contribution in [2.24, 2.45) is 5.73 Å². The van der Waals surface area contributed by atoms with E-state index in [0.29, 0.717) is 32.1 Å². The Balaban J connectivity index is 0.00000441. The average Bonchev–Trinajstić information content (AvgIpc) is 2.49. The number of nitrogens with one attached hydrogen (secondary N) is 1. The van der Waals surface area contributed by atoms with Crippen molar-refractivity contribution in [3.8, 4) is 0 Å². The van der Waals surface area contributed by atoms with Crippen LogP contribution in [0.4, 0.5) is 0 Å². The maximum atomic E-state index is 11.7. The van der Waals surface area contributed by atoms with E-state index in [2.05, 4.69) is 31.3 Å². The fourth-order valence-electron chi connectivity index (χ4n) is 2.04. The van der Waals surface area contributed by atoms with E-state index in [9.17, 15) is 4.79 Å². The van der Waals surface area contributed by atoms with Gasteiger partial charge in [0.25, 0.3) is 0 Å². The molecule has 0 radical (unpaired) electrons. The molecular formula is C17H29ClN2O2. The van der Waals surface area contributed by atoms with Crippen molar-refractivity contribution in [1.82, 2.24) is 5.32 Å². The highest BCUT2D eigenvalue weighted by atomic mass is 35.5. The Hall–Kier alpha value is -1.10. The monoisotopic (exact) mass is 328 g/mol. The molecule has 0 bridgehead atoms. The Labute approximate surface area is 140 Å². The summed E-state index contributed by atoms with van der Waals surface area (Å²) in [4.78, 5) is 11.7. The van der Waals surface area contributed by atoms with Crippen molar-refractivity contribution in [2.75, 3.05) is 19.8 Å². The zero-order chi connectivity index (χ0) is 15.7. The summed E-state index contributed by atoms with van der Waals surface area (Å²) in [5.41, 5.74) is 8.45. The molecule has 0 aliphatic heterocycles. The minimum Gasteiger partial charge on any atom is -0.382 e. The van der Waals surface area contributed by atoms with E-state index in [1.165, 1.54) is 5.56 Å². The van der Waals surface area contributed by atoms with Crippen LogP contribution in [0.3, 0.4) is 0 Å². The number of amides is 1. The van der Waals surface area contributed by atoms with Crippen LogP contribution in [0.2, 0.25) is 0 Å². The maximum absolute atomic E-state index is 11.7. The van der Waals surface area contributed by atoms with Gasteiger partial charge in [-0.25, -0.2) is 0 Å². The van der Waals surface area contributed by atoms with Crippen LogP contribution in [0, 0.1) is 0 Å². The molecule has 0 fully saturated rings. The van der Waals surface area contributed by atoms with Crippen molar-refractivity contribution in [3.63, 3.8) is 0 Å². The number of nitrogens with two attached hydrogens (primary N) is 1. The van der Waals surface area contributed by atoms with Gasteiger partial charge < -0.3 is 15.8 Å². The van der Waals surface area contributed by atoms with Crippen LogP contribution < -0.4 is 11.1 Å². The van der Waals surface area contributed by atoms with Crippen LogP contribution in [-0.2, 0) is 9.53 Å². The first-order valence-electron chi connectivity index (χ1n) is 7.74. The van der Waals surface area contributed by atoms with Gasteiger partial charge in [0.2, 0.25) is 5.91 Å². The van der Waals surface area contributed by atoms with Gasteiger partial charge in [0, 0.05) is 32.2 Å². The molecule has 4 nitrogen and oxygen atoms in total. The summed E-state index contributed by atoms with van der Waals surface area (Å²) < 4.78 is 5.20. The summed E-state index contributed by atoms with van der Waals surface area (Å²) in [5.74, 6) is 0.546. The van der Waals surface area contributed by atoms with Crippen LogP contribution in [0.15, 0.2) is 24.3 Å². The molecule has 0 saturated heterocycles. The minimum atomic E-state index is -0.165. The molecule has 1 rings (SSSR count). The first kappa shape index (κ1) is 20.9. The van der Waals surface area contributed by atoms with Gasteiger partial charge in [0.15, 0.2) is 0 Å². The molecule has 3 N–H and O–H groups in total. The van der Waals surface area contributed by atoms with E-state index in [1.807, 2.05) is 19.1 Å². The highest BCUT2D eigenvalue weighted by molar-refractivity contribution is 5.85. The van der Waals surface area contributed by atoms with Gasteiger partial charge in [-0.05, 0) is 30.4 Å². The minimum absolute atomic E-state index is 0. The fourth-order valence-corrected chi connectivity index (χ4v) is 2.04. The molecule has 126 valence electrons. The standard InChI is InChI=1S/C17H28N2O2.ClH/c1-4-21-11-5-6-17(20)19-12-16(18)15-9-7-14(8-10-15)13(2)3;/h7-10,13,16H,4-6,11-12,18H2,1-3H3,(H,19,20);1H. The van der Waals surface area contributed by atoms with E-state index >= 15 is 0 Å². The molecular weight excluding hydrogens is 300 g/mol. The quantitative estimate of drug-likeness (QED) is 0.684. The lowest BCUT2D eigenvalue weighted by Gasteiger charge is -2.14. The van der Waals surface area contributed by atoms with Gasteiger partial charge in [-0.3, -0.25) is 4.79 Å². The van der Waals surface area contributed by atoms with Crippen LogP contribution in [0.1, 0.15) is 56.7 Å². The number of ether oxygens (including phenoxy) is 1. The molecule has 1 amide bonds. The lowest BCUT2D eigenvalue weighted by molar-refractivity contribution is -0.121. The molecule has 1 aromatic rings. The van der Waals surface area contributed by atoms with E-state index in [0.717, 1.165) is 12.0 Å². The second-order valence-electron chi connectivity index (χ2n) is 5.53. The average molecular weight is 329 g/mol. The summed E-state index contributed by atoms with van der Waals surface area (Å²) in [6.45, 7) is 8.07. The summed E-state index contributed by atoms with van der Waals surface area (Å²) in [6, 6.07) is 8.12. The molecule has 1 unspecified atom stereocenters. The van der Waals surface area contributed by atoms with Gasteiger partial charge in [0.05, 0.1) is 0 Å². The zero-order valence-corrected chi connectivity index (χ0v) is 14.6. The lowest BCUT2D eigenvalue weighted by Crippen LogP contribution is -2.31. The Morgan fingerprint density at radius 3 is 2.36 bits per heavy atom. The third-order valence-corrected chi connectivity index (χ3v) is 3.45. The van der Waals surface area contributed by atoms with Gasteiger partial charge >= 0.3 is 0 Å². The van der Waals surface area contributed by atoms with E-state index < -0.39 is 0 Å². The van der Waals surface area contributed by atoms with Gasteiger partial charge in [-0.1, -0.05) is 38.1 Å². The third-order valence-electron chi connectivity index (χ3n) is 3.45. The molecule has 0 spiro atoms. The smallest absolute Gasteiger partial charge is 0.220 e. The molecule has 0 heterocycles. The summed E-state index contributed by atoms with van der Waals surface area (Å²) in [7, 11) is 0. The van der Waals surface area contributed by atoms with Crippen molar-refractivity contribution in [1.29, 1.82) is 0 Å². The molecule has 0 aliphatic rings. The number of carbonyl (C=O) groups excluding carboxylic acids is 1. The van der Waals surface area contributed by atoms with Crippen LogP contribution in [-0.4, -0.2) is 25.7 Å². The fraction of sp³-hybridized carbons (Fsp3) is 0.588. The van der Waals surface area contributed by atoms with Crippen molar-refractivity contribution >= 4 is 18.3 Å². The first-order chi connectivity index (χ1) is 10.0. The Morgan fingerprint density at radius 1 is 1.23 bits per heavy atom. The summed E-state index contributed by atoms with van der Waals surface area (Å²) in [5, 5.41) is 2.88. The number of rotatable bonds is 9.